The molecule has 31 heavy (non-hydrogen) atoms. The highest BCUT2D eigenvalue weighted by Gasteiger charge is 2.22. The van der Waals surface area contributed by atoms with Gasteiger partial charge in [-0.3, -0.25) is 9.36 Å². The Morgan fingerprint density at radius 3 is 2.06 bits per heavy atom. The van der Waals surface area contributed by atoms with Gasteiger partial charge in [0.1, 0.15) is 11.5 Å². The molecule has 0 N–H and O–H groups in total. The van der Waals surface area contributed by atoms with E-state index in [1.54, 1.807) is 20.4 Å². The summed E-state index contributed by atoms with van der Waals surface area (Å²) in [5.74, 6) is 2.17. The molecule has 4 rings (SSSR count). The Morgan fingerprint density at radius 2 is 1.48 bits per heavy atom. The lowest BCUT2D eigenvalue weighted by molar-refractivity contribution is -0.128. The normalized spacial score (nSPS) is 13.9. The number of aromatic nitrogens is 2. The Balaban J connectivity index is 1.30. The van der Waals surface area contributed by atoms with Crippen molar-refractivity contribution in [2.75, 3.05) is 51.1 Å². The number of carbonyl (C=O) groups is 1. The van der Waals surface area contributed by atoms with Crippen molar-refractivity contribution in [1.82, 2.24) is 14.5 Å². The van der Waals surface area contributed by atoms with Crippen molar-refractivity contribution in [3.8, 4) is 17.2 Å². The van der Waals surface area contributed by atoms with Gasteiger partial charge in [-0.25, -0.2) is 4.98 Å². The second-order valence-electron chi connectivity index (χ2n) is 7.13. The number of methoxy groups -OCH3 is 2. The quantitative estimate of drug-likeness (QED) is 0.528. The molecule has 2 heterocycles. The molecule has 1 saturated heterocycles. The summed E-state index contributed by atoms with van der Waals surface area (Å²) < 4.78 is 12.4. The van der Waals surface area contributed by atoms with Crippen LogP contribution in [-0.2, 0) is 4.79 Å². The third kappa shape index (κ3) is 4.96. The van der Waals surface area contributed by atoms with Crippen LogP contribution in [0.4, 0.5) is 5.69 Å². The molecule has 0 radical (unpaired) electrons. The van der Waals surface area contributed by atoms with Crippen LogP contribution in [0.25, 0.3) is 5.69 Å². The predicted molar refractivity (Wildman–Crippen MR) is 123 cm³/mol. The Morgan fingerprint density at radius 1 is 0.903 bits per heavy atom. The average molecular weight is 439 g/mol. The number of anilines is 1. The number of rotatable bonds is 7. The first-order valence-corrected chi connectivity index (χ1v) is 11.1. The molecule has 0 saturated carbocycles. The summed E-state index contributed by atoms with van der Waals surface area (Å²) in [5, 5.41) is 0.801. The fraction of sp³-hybridized carbons (Fsp3) is 0.304. The van der Waals surface area contributed by atoms with Crippen molar-refractivity contribution >= 4 is 23.4 Å². The van der Waals surface area contributed by atoms with Crippen molar-refractivity contribution < 1.29 is 14.3 Å². The zero-order valence-electron chi connectivity index (χ0n) is 17.7. The first-order chi connectivity index (χ1) is 15.2. The van der Waals surface area contributed by atoms with Crippen LogP contribution in [0.15, 0.2) is 66.1 Å². The Hall–Kier alpha value is -3.13. The van der Waals surface area contributed by atoms with Gasteiger partial charge in [0.25, 0.3) is 0 Å². The molecule has 162 valence electrons. The van der Waals surface area contributed by atoms with E-state index in [1.807, 2.05) is 52.1 Å². The van der Waals surface area contributed by atoms with Crippen LogP contribution in [0.3, 0.4) is 0 Å². The molecule has 0 unspecified atom stereocenters. The fourth-order valence-electron chi connectivity index (χ4n) is 3.56. The SMILES string of the molecule is COc1ccc(N2CCN(C(=O)CSc3nccn3-c3ccc(OC)cc3)CC2)cc1. The maximum absolute atomic E-state index is 12.8. The minimum Gasteiger partial charge on any atom is -0.497 e. The molecule has 3 aromatic rings. The van der Waals surface area contributed by atoms with Crippen LogP contribution >= 0.6 is 11.8 Å². The van der Waals surface area contributed by atoms with Crippen LogP contribution < -0.4 is 14.4 Å². The van der Waals surface area contributed by atoms with E-state index in [0.29, 0.717) is 5.75 Å². The molecular formula is C23H26N4O3S. The molecule has 1 fully saturated rings. The van der Waals surface area contributed by atoms with Crippen LogP contribution in [-0.4, -0.2) is 66.5 Å². The average Bonchev–Trinajstić information content (AvgIpc) is 3.31. The summed E-state index contributed by atoms with van der Waals surface area (Å²) in [6.07, 6.45) is 3.66. The van der Waals surface area contributed by atoms with Crippen LogP contribution in [0, 0.1) is 0 Å². The topological polar surface area (TPSA) is 59.8 Å². The van der Waals surface area contributed by atoms with E-state index in [9.17, 15) is 4.79 Å². The highest BCUT2D eigenvalue weighted by molar-refractivity contribution is 7.99. The molecule has 0 bridgehead atoms. The molecule has 1 aromatic heterocycles. The van der Waals surface area contributed by atoms with Crippen molar-refractivity contribution in [1.29, 1.82) is 0 Å². The maximum Gasteiger partial charge on any atom is 0.233 e. The number of benzene rings is 2. The second-order valence-corrected chi connectivity index (χ2v) is 8.07. The van der Waals surface area contributed by atoms with Gasteiger partial charge in [-0.2, -0.15) is 0 Å². The summed E-state index contributed by atoms with van der Waals surface area (Å²) in [4.78, 5) is 21.4. The minimum absolute atomic E-state index is 0.142. The summed E-state index contributed by atoms with van der Waals surface area (Å²) in [6, 6.07) is 15.8. The van der Waals surface area contributed by atoms with Crippen LogP contribution in [0.1, 0.15) is 0 Å². The lowest BCUT2D eigenvalue weighted by atomic mass is 10.2. The summed E-state index contributed by atoms with van der Waals surface area (Å²) in [7, 11) is 3.32. The molecule has 8 heteroatoms. The number of thioether (sulfide) groups is 1. The van der Waals surface area contributed by atoms with Gasteiger partial charge in [0, 0.05) is 49.9 Å². The molecule has 7 nitrogen and oxygen atoms in total. The highest BCUT2D eigenvalue weighted by atomic mass is 32.2. The van der Waals surface area contributed by atoms with E-state index >= 15 is 0 Å². The lowest BCUT2D eigenvalue weighted by Gasteiger charge is -2.36. The zero-order chi connectivity index (χ0) is 21.6. The monoisotopic (exact) mass is 438 g/mol. The molecular weight excluding hydrogens is 412 g/mol. The molecule has 0 spiro atoms. The minimum atomic E-state index is 0.142. The number of imidazole rings is 1. The number of nitrogens with zero attached hydrogens (tertiary/aromatic N) is 4. The first kappa shape index (κ1) is 21.1. The summed E-state index contributed by atoms with van der Waals surface area (Å²) >= 11 is 1.46. The highest BCUT2D eigenvalue weighted by Crippen LogP contribution is 2.24. The standard InChI is InChI=1S/C23H26N4O3S/c1-29-20-7-3-18(4-8-20)25-13-15-26(16-14-25)22(28)17-31-23-24-11-12-27(23)19-5-9-21(30-2)10-6-19/h3-12H,13-17H2,1-2H3. The number of carbonyl (C=O) groups excluding carboxylic acids is 1. The van der Waals surface area contributed by atoms with E-state index in [-0.39, 0.29) is 5.91 Å². The van der Waals surface area contributed by atoms with Crippen molar-refractivity contribution in [3.63, 3.8) is 0 Å². The van der Waals surface area contributed by atoms with Gasteiger partial charge in [0.05, 0.1) is 20.0 Å². The number of piperazine rings is 1. The van der Waals surface area contributed by atoms with Gasteiger partial charge >= 0.3 is 0 Å². The maximum atomic E-state index is 12.8. The van der Waals surface area contributed by atoms with Gasteiger partial charge in [-0.1, -0.05) is 11.8 Å². The lowest BCUT2D eigenvalue weighted by Crippen LogP contribution is -2.49. The van der Waals surface area contributed by atoms with Gasteiger partial charge in [0.2, 0.25) is 5.91 Å². The Labute approximate surface area is 186 Å². The third-order valence-electron chi connectivity index (χ3n) is 5.35. The van der Waals surface area contributed by atoms with Crippen molar-refractivity contribution in [2.45, 2.75) is 5.16 Å². The van der Waals surface area contributed by atoms with E-state index in [1.165, 1.54) is 11.8 Å². The number of amides is 1. The van der Waals surface area contributed by atoms with Gasteiger partial charge in [-0.05, 0) is 48.5 Å². The Kier molecular flexibility index (Phi) is 6.66. The van der Waals surface area contributed by atoms with Crippen LogP contribution in [0.5, 0.6) is 11.5 Å². The molecule has 2 aromatic carbocycles. The van der Waals surface area contributed by atoms with E-state index < -0.39 is 0 Å². The first-order valence-electron chi connectivity index (χ1n) is 10.2. The Bertz CT molecular complexity index is 996. The van der Waals surface area contributed by atoms with Crippen molar-refractivity contribution in [2.24, 2.45) is 0 Å². The van der Waals surface area contributed by atoms with Gasteiger partial charge in [-0.15, -0.1) is 0 Å². The zero-order valence-corrected chi connectivity index (χ0v) is 18.5. The largest absolute Gasteiger partial charge is 0.497 e. The van der Waals surface area contributed by atoms with Gasteiger partial charge < -0.3 is 19.3 Å². The smallest absolute Gasteiger partial charge is 0.233 e. The molecule has 1 amide bonds. The van der Waals surface area contributed by atoms with Gasteiger partial charge in [0.15, 0.2) is 5.16 Å². The number of hydrogen-bond acceptors (Lipinski definition) is 6. The number of hydrogen-bond donors (Lipinski definition) is 0. The second kappa shape index (κ2) is 9.78. The molecule has 1 aliphatic rings. The van der Waals surface area contributed by atoms with Crippen molar-refractivity contribution in [3.05, 3.63) is 60.9 Å². The molecule has 0 atom stereocenters. The fourth-order valence-corrected chi connectivity index (χ4v) is 4.44. The summed E-state index contributed by atoms with van der Waals surface area (Å²) in [5.41, 5.74) is 2.14. The summed E-state index contributed by atoms with van der Waals surface area (Å²) in [6.45, 7) is 3.09. The van der Waals surface area contributed by atoms with E-state index in [4.69, 9.17) is 9.47 Å². The van der Waals surface area contributed by atoms with E-state index in [0.717, 1.165) is 54.2 Å². The number of ether oxygens (including phenoxy) is 2. The predicted octanol–water partition coefficient (Wildman–Crippen LogP) is 3.33. The van der Waals surface area contributed by atoms with Crippen LogP contribution in [0.2, 0.25) is 0 Å². The molecule has 1 aliphatic heterocycles. The van der Waals surface area contributed by atoms with E-state index in [2.05, 4.69) is 22.0 Å². The molecule has 0 aliphatic carbocycles. The third-order valence-corrected chi connectivity index (χ3v) is 6.30.